The van der Waals surface area contributed by atoms with Crippen molar-refractivity contribution in [1.29, 1.82) is 0 Å². The van der Waals surface area contributed by atoms with Gasteiger partial charge in [-0.25, -0.2) is 4.79 Å². The Balaban J connectivity index is 2.18. The van der Waals surface area contributed by atoms with Crippen LogP contribution in [0.5, 0.6) is 0 Å². The summed E-state index contributed by atoms with van der Waals surface area (Å²) in [5.74, 6) is 0.240. The van der Waals surface area contributed by atoms with Crippen LogP contribution in [-0.2, 0) is 19.1 Å². The highest BCUT2D eigenvalue weighted by Crippen LogP contribution is 2.29. The Morgan fingerprint density at radius 1 is 1.21 bits per heavy atom. The number of carbonyl (C=O) groups is 2. The largest absolute Gasteiger partial charge is 0.465 e. The Bertz CT molecular complexity index is 316. The first-order chi connectivity index (χ1) is 9.02. The van der Waals surface area contributed by atoms with Gasteiger partial charge in [0.1, 0.15) is 0 Å². The van der Waals surface area contributed by atoms with Gasteiger partial charge in [-0.05, 0) is 31.6 Å². The summed E-state index contributed by atoms with van der Waals surface area (Å²) in [4.78, 5) is 22.7. The Labute approximate surface area is 115 Å². The van der Waals surface area contributed by atoms with E-state index in [0.29, 0.717) is 6.61 Å². The molecule has 0 aliphatic heterocycles. The molecular formula is C15H24O4. The zero-order chi connectivity index (χ0) is 14.3. The molecule has 4 heteroatoms. The third kappa shape index (κ3) is 5.90. The molecule has 0 radical (unpaired) electrons. The second kappa shape index (κ2) is 7.97. The summed E-state index contributed by atoms with van der Waals surface area (Å²) in [6.07, 6.45) is 5.19. The van der Waals surface area contributed by atoms with Gasteiger partial charge in [-0.2, -0.15) is 0 Å². The lowest BCUT2D eigenvalue weighted by Crippen LogP contribution is -2.25. The molecule has 19 heavy (non-hydrogen) atoms. The van der Waals surface area contributed by atoms with Gasteiger partial charge in [-0.3, -0.25) is 4.79 Å². The van der Waals surface area contributed by atoms with Gasteiger partial charge in [0, 0.05) is 12.0 Å². The maximum Gasteiger partial charge on any atom is 0.330 e. The number of esters is 2. The van der Waals surface area contributed by atoms with Gasteiger partial charge in [-0.15, -0.1) is 0 Å². The molecule has 0 N–H and O–H groups in total. The zero-order valence-corrected chi connectivity index (χ0v) is 11.9. The molecule has 1 saturated carbocycles. The third-order valence-corrected chi connectivity index (χ3v) is 3.54. The van der Waals surface area contributed by atoms with Crippen LogP contribution in [0, 0.1) is 17.8 Å². The predicted octanol–water partition coefficient (Wildman–Crippen LogP) is 2.72. The van der Waals surface area contributed by atoms with Crippen molar-refractivity contribution in [2.45, 2.75) is 39.5 Å². The van der Waals surface area contributed by atoms with E-state index in [9.17, 15) is 9.59 Å². The minimum Gasteiger partial charge on any atom is -0.465 e. The topological polar surface area (TPSA) is 52.6 Å². The number of rotatable bonds is 6. The molecule has 0 saturated heterocycles. The highest BCUT2D eigenvalue weighted by molar-refractivity contribution is 5.81. The number of carbonyl (C=O) groups excluding carboxylic acids is 2. The second-order valence-corrected chi connectivity index (χ2v) is 5.53. The molecule has 0 aromatic rings. The highest BCUT2D eigenvalue weighted by atomic mass is 16.5. The molecule has 1 unspecified atom stereocenters. The van der Waals surface area contributed by atoms with Crippen molar-refractivity contribution >= 4 is 11.9 Å². The molecule has 0 bridgehead atoms. The Hall–Kier alpha value is -1.32. The highest BCUT2D eigenvalue weighted by Gasteiger charge is 2.25. The van der Waals surface area contributed by atoms with Crippen LogP contribution >= 0.6 is 0 Å². The van der Waals surface area contributed by atoms with Crippen molar-refractivity contribution in [3.8, 4) is 0 Å². The van der Waals surface area contributed by atoms with Crippen LogP contribution in [0.3, 0.4) is 0 Å². The van der Waals surface area contributed by atoms with Gasteiger partial charge < -0.3 is 9.47 Å². The lowest BCUT2D eigenvalue weighted by atomic mass is 9.83. The molecule has 0 aromatic carbocycles. The fourth-order valence-corrected chi connectivity index (χ4v) is 2.17. The van der Waals surface area contributed by atoms with Gasteiger partial charge in [0.2, 0.25) is 0 Å². The molecule has 1 atom stereocenters. The average Bonchev–Trinajstić information content (AvgIpc) is 2.42. The van der Waals surface area contributed by atoms with Crippen molar-refractivity contribution in [2.75, 3.05) is 13.2 Å². The summed E-state index contributed by atoms with van der Waals surface area (Å²) >= 11 is 0. The van der Waals surface area contributed by atoms with Crippen LogP contribution in [0.1, 0.15) is 39.5 Å². The molecule has 1 aliphatic rings. The van der Waals surface area contributed by atoms with Crippen molar-refractivity contribution in [2.24, 2.45) is 17.8 Å². The molecule has 0 amide bonds. The van der Waals surface area contributed by atoms with E-state index >= 15 is 0 Å². The quantitative estimate of drug-likeness (QED) is 0.549. The van der Waals surface area contributed by atoms with Gasteiger partial charge in [0.05, 0.1) is 19.1 Å². The number of hydrogen-bond acceptors (Lipinski definition) is 4. The molecule has 1 rings (SSSR count). The Morgan fingerprint density at radius 3 is 2.37 bits per heavy atom. The normalized spacial score (nSPS) is 24.3. The van der Waals surface area contributed by atoms with Crippen LogP contribution in [0.4, 0.5) is 0 Å². The van der Waals surface area contributed by atoms with E-state index in [4.69, 9.17) is 9.47 Å². The molecule has 1 fully saturated rings. The maximum absolute atomic E-state index is 11.9. The maximum atomic E-state index is 11.9. The number of hydrogen-bond donors (Lipinski definition) is 0. The lowest BCUT2D eigenvalue weighted by Gasteiger charge is -2.25. The summed E-state index contributed by atoms with van der Waals surface area (Å²) < 4.78 is 10.2. The molecule has 4 nitrogen and oxygen atoms in total. The van der Waals surface area contributed by atoms with E-state index < -0.39 is 5.97 Å². The summed E-state index contributed by atoms with van der Waals surface area (Å²) in [5, 5.41) is 0. The molecule has 0 aromatic heterocycles. The molecule has 0 spiro atoms. The van der Waals surface area contributed by atoms with E-state index in [1.54, 1.807) is 0 Å². The monoisotopic (exact) mass is 268 g/mol. The van der Waals surface area contributed by atoms with E-state index in [0.717, 1.165) is 37.7 Å². The molecule has 0 heterocycles. The predicted molar refractivity (Wildman–Crippen MR) is 72.4 cm³/mol. The van der Waals surface area contributed by atoms with Crippen molar-refractivity contribution in [3.05, 3.63) is 12.7 Å². The first-order valence-electron chi connectivity index (χ1n) is 6.98. The van der Waals surface area contributed by atoms with Crippen LogP contribution < -0.4 is 0 Å². The van der Waals surface area contributed by atoms with E-state index in [-0.39, 0.29) is 24.4 Å². The minimum absolute atomic E-state index is 0.00960. The van der Waals surface area contributed by atoms with E-state index in [1.165, 1.54) is 0 Å². The number of ether oxygens (including phenoxy) is 2. The van der Waals surface area contributed by atoms with Crippen LogP contribution in [0.25, 0.3) is 0 Å². The fraction of sp³-hybridized carbons (Fsp3) is 0.733. The minimum atomic E-state index is -0.445. The first kappa shape index (κ1) is 15.7. The Kier molecular flexibility index (Phi) is 6.60. The third-order valence-electron chi connectivity index (χ3n) is 3.54. The van der Waals surface area contributed by atoms with Crippen molar-refractivity contribution in [3.63, 3.8) is 0 Å². The fourth-order valence-electron chi connectivity index (χ4n) is 2.17. The lowest BCUT2D eigenvalue weighted by molar-refractivity contribution is -0.152. The van der Waals surface area contributed by atoms with Gasteiger partial charge >= 0.3 is 11.9 Å². The summed E-state index contributed by atoms with van der Waals surface area (Å²) in [7, 11) is 0. The molecule has 1 aliphatic carbocycles. The van der Waals surface area contributed by atoms with Crippen molar-refractivity contribution < 1.29 is 19.1 Å². The molecular weight excluding hydrogens is 244 g/mol. The van der Waals surface area contributed by atoms with Gasteiger partial charge in [-0.1, -0.05) is 20.4 Å². The smallest absolute Gasteiger partial charge is 0.330 e. The average molecular weight is 268 g/mol. The summed E-state index contributed by atoms with van der Waals surface area (Å²) in [6.45, 7) is 7.97. The van der Waals surface area contributed by atoms with E-state index in [1.807, 2.05) is 6.92 Å². The van der Waals surface area contributed by atoms with Crippen LogP contribution in [0.15, 0.2) is 12.7 Å². The zero-order valence-electron chi connectivity index (χ0n) is 11.9. The van der Waals surface area contributed by atoms with Gasteiger partial charge in [0.25, 0.3) is 0 Å². The van der Waals surface area contributed by atoms with Crippen molar-refractivity contribution in [1.82, 2.24) is 0 Å². The standard InChI is InChI=1S/C15H24O4/c1-4-14(16)18-9-12(3)10-19-15(17)13-7-5-11(2)6-8-13/h4,11-13H,1,5-10H2,2-3H3. The first-order valence-corrected chi connectivity index (χ1v) is 6.98. The molecule has 108 valence electrons. The van der Waals surface area contributed by atoms with Crippen LogP contribution in [0.2, 0.25) is 0 Å². The summed E-state index contributed by atoms with van der Waals surface area (Å²) in [6, 6.07) is 0. The van der Waals surface area contributed by atoms with Crippen LogP contribution in [-0.4, -0.2) is 25.2 Å². The van der Waals surface area contributed by atoms with E-state index in [2.05, 4.69) is 13.5 Å². The SMILES string of the molecule is C=CC(=O)OCC(C)COC(=O)C1CCC(C)CC1. The van der Waals surface area contributed by atoms with Gasteiger partial charge in [0.15, 0.2) is 0 Å². The summed E-state index contributed by atoms with van der Waals surface area (Å²) in [5.41, 5.74) is 0. The second-order valence-electron chi connectivity index (χ2n) is 5.53. The Morgan fingerprint density at radius 2 is 1.79 bits per heavy atom.